The van der Waals surface area contributed by atoms with Crippen LogP contribution in [0.15, 0.2) is 53.0 Å². The van der Waals surface area contributed by atoms with Gasteiger partial charge in [0, 0.05) is 15.1 Å². The number of likely N-dealkylation sites (N-methyl/N-ethyl adjacent to an activating group) is 1. The minimum atomic E-state index is -0.156. The van der Waals surface area contributed by atoms with Gasteiger partial charge in [-0.25, -0.2) is 0 Å². The highest BCUT2D eigenvalue weighted by molar-refractivity contribution is 9.10. The molecule has 0 saturated heterocycles. The zero-order chi connectivity index (χ0) is 17.5. The number of quaternary nitrogens is 1. The lowest BCUT2D eigenvalue weighted by Gasteiger charge is -2.23. The number of benzene rings is 2. The molecule has 0 aliphatic rings. The molecule has 1 amide bonds. The summed E-state index contributed by atoms with van der Waals surface area (Å²) in [6, 6.07) is 15.2. The monoisotopic (exact) mass is 411 g/mol. The molecule has 0 aromatic heterocycles. The normalized spacial score (nSPS) is 12.0. The molecule has 2 aromatic carbocycles. The van der Waals surface area contributed by atoms with Crippen molar-refractivity contribution in [2.75, 3.05) is 27.2 Å². The van der Waals surface area contributed by atoms with Gasteiger partial charge in [0.1, 0.15) is 11.8 Å². The minimum absolute atomic E-state index is 0.0142. The first-order chi connectivity index (χ1) is 11.5. The first kappa shape index (κ1) is 18.8. The summed E-state index contributed by atoms with van der Waals surface area (Å²) in [6.45, 7) is 0.480. The average molecular weight is 413 g/mol. The van der Waals surface area contributed by atoms with Gasteiger partial charge in [-0.3, -0.25) is 4.79 Å². The van der Waals surface area contributed by atoms with E-state index in [1.165, 1.54) is 4.90 Å². The van der Waals surface area contributed by atoms with Crippen LogP contribution in [-0.4, -0.2) is 33.2 Å². The maximum atomic E-state index is 12.0. The predicted molar refractivity (Wildman–Crippen MR) is 99.7 cm³/mol. The fraction of sp³-hybridized carbons (Fsp3) is 0.278. The van der Waals surface area contributed by atoms with Crippen molar-refractivity contribution in [3.63, 3.8) is 0 Å². The molecular formula is C18H21BrClN2O2+. The number of halogens is 2. The van der Waals surface area contributed by atoms with Crippen LogP contribution in [0.4, 0.5) is 0 Å². The van der Waals surface area contributed by atoms with Crippen LogP contribution in [0.2, 0.25) is 5.02 Å². The Balaban J connectivity index is 1.88. The Kier molecular flexibility index (Phi) is 7.09. The van der Waals surface area contributed by atoms with Gasteiger partial charge in [-0.15, -0.1) is 0 Å². The Labute approximate surface area is 155 Å². The molecule has 0 aliphatic carbocycles. The summed E-state index contributed by atoms with van der Waals surface area (Å²) in [5, 5.41) is 3.63. The van der Waals surface area contributed by atoms with Crippen molar-refractivity contribution in [3.8, 4) is 5.75 Å². The number of hydrogen-bond donors (Lipinski definition) is 2. The molecule has 0 spiro atoms. The van der Waals surface area contributed by atoms with Crippen LogP contribution >= 0.6 is 27.5 Å². The van der Waals surface area contributed by atoms with Crippen molar-refractivity contribution >= 4 is 33.4 Å². The van der Waals surface area contributed by atoms with Crippen LogP contribution in [0.3, 0.4) is 0 Å². The van der Waals surface area contributed by atoms with Crippen molar-refractivity contribution in [1.29, 1.82) is 0 Å². The maximum absolute atomic E-state index is 12.0. The van der Waals surface area contributed by atoms with E-state index in [-0.39, 0.29) is 18.6 Å². The molecule has 2 rings (SSSR count). The van der Waals surface area contributed by atoms with E-state index >= 15 is 0 Å². The van der Waals surface area contributed by atoms with E-state index in [9.17, 15) is 4.79 Å². The van der Waals surface area contributed by atoms with Crippen LogP contribution in [0.1, 0.15) is 11.6 Å². The first-order valence-corrected chi connectivity index (χ1v) is 8.84. The molecule has 0 unspecified atom stereocenters. The molecule has 2 N–H and O–H groups in total. The minimum Gasteiger partial charge on any atom is -0.484 e. The third-order valence-electron chi connectivity index (χ3n) is 3.66. The zero-order valence-electron chi connectivity index (χ0n) is 13.7. The van der Waals surface area contributed by atoms with E-state index in [0.29, 0.717) is 17.3 Å². The van der Waals surface area contributed by atoms with E-state index in [2.05, 4.69) is 21.2 Å². The Morgan fingerprint density at radius 2 is 1.88 bits per heavy atom. The second-order valence-corrected chi connectivity index (χ2v) is 7.02. The average Bonchev–Trinajstić information content (AvgIpc) is 2.56. The Morgan fingerprint density at radius 3 is 2.50 bits per heavy atom. The second-order valence-electron chi connectivity index (χ2n) is 5.70. The van der Waals surface area contributed by atoms with E-state index < -0.39 is 0 Å². The highest BCUT2D eigenvalue weighted by Gasteiger charge is 2.21. The molecule has 0 saturated carbocycles. The molecule has 0 fully saturated rings. The first-order valence-electron chi connectivity index (χ1n) is 7.67. The number of carbonyl (C=O) groups excluding carboxylic acids is 1. The molecule has 1 atom stereocenters. The molecule has 0 bridgehead atoms. The molecule has 2 aromatic rings. The third kappa shape index (κ3) is 5.51. The molecular weight excluding hydrogens is 392 g/mol. The lowest BCUT2D eigenvalue weighted by molar-refractivity contribution is -0.890. The van der Waals surface area contributed by atoms with Crippen molar-refractivity contribution in [2.45, 2.75) is 6.04 Å². The van der Waals surface area contributed by atoms with Crippen LogP contribution in [0.5, 0.6) is 5.75 Å². The van der Waals surface area contributed by atoms with Gasteiger partial charge in [-0.2, -0.15) is 0 Å². The van der Waals surface area contributed by atoms with Crippen molar-refractivity contribution in [3.05, 3.63) is 63.6 Å². The molecule has 0 heterocycles. The van der Waals surface area contributed by atoms with Crippen LogP contribution < -0.4 is 15.0 Å². The maximum Gasteiger partial charge on any atom is 0.258 e. The van der Waals surface area contributed by atoms with Gasteiger partial charge in [0.15, 0.2) is 6.61 Å². The number of rotatable bonds is 7. The number of amides is 1. The Bertz CT molecular complexity index is 677. The zero-order valence-corrected chi connectivity index (χ0v) is 16.0. The van der Waals surface area contributed by atoms with E-state index in [1.807, 2.05) is 62.6 Å². The molecule has 6 heteroatoms. The number of hydrogen-bond acceptors (Lipinski definition) is 2. The van der Waals surface area contributed by atoms with Crippen molar-refractivity contribution in [1.82, 2.24) is 5.32 Å². The largest absolute Gasteiger partial charge is 0.484 e. The summed E-state index contributed by atoms with van der Waals surface area (Å²) >= 11 is 9.64. The van der Waals surface area contributed by atoms with Crippen molar-refractivity contribution < 1.29 is 14.4 Å². The van der Waals surface area contributed by atoms with Crippen LogP contribution in [-0.2, 0) is 4.79 Å². The highest BCUT2D eigenvalue weighted by Crippen LogP contribution is 2.20. The Morgan fingerprint density at radius 1 is 1.21 bits per heavy atom. The molecule has 128 valence electrons. The van der Waals surface area contributed by atoms with Crippen LogP contribution in [0.25, 0.3) is 0 Å². The SMILES string of the molecule is C[NH+](C)[C@@H](CNC(=O)COc1ccc(Br)cc1)c1ccccc1Cl. The van der Waals surface area contributed by atoms with E-state index in [0.717, 1.165) is 10.0 Å². The lowest BCUT2D eigenvalue weighted by Crippen LogP contribution is -3.07. The topological polar surface area (TPSA) is 42.8 Å². The van der Waals surface area contributed by atoms with Gasteiger partial charge in [0.05, 0.1) is 20.6 Å². The van der Waals surface area contributed by atoms with Gasteiger partial charge in [0.25, 0.3) is 5.91 Å². The molecule has 24 heavy (non-hydrogen) atoms. The smallest absolute Gasteiger partial charge is 0.258 e. The fourth-order valence-corrected chi connectivity index (χ4v) is 2.86. The van der Waals surface area contributed by atoms with Gasteiger partial charge in [0.2, 0.25) is 0 Å². The predicted octanol–water partition coefficient (Wildman–Crippen LogP) is 2.48. The number of ether oxygens (including phenoxy) is 1. The molecule has 4 nitrogen and oxygen atoms in total. The van der Waals surface area contributed by atoms with Gasteiger partial charge >= 0.3 is 0 Å². The number of nitrogens with one attached hydrogen (secondary N) is 2. The fourth-order valence-electron chi connectivity index (χ4n) is 2.33. The highest BCUT2D eigenvalue weighted by atomic mass is 79.9. The van der Waals surface area contributed by atoms with Gasteiger partial charge in [-0.1, -0.05) is 45.7 Å². The standard InChI is InChI=1S/C18H20BrClN2O2/c1-22(2)17(15-5-3-4-6-16(15)20)11-21-18(23)12-24-14-9-7-13(19)8-10-14/h3-10,17H,11-12H2,1-2H3,(H,21,23)/p+1/t17-/m0/s1. The number of carbonyl (C=O) groups is 1. The summed E-state index contributed by atoms with van der Waals surface area (Å²) in [6.07, 6.45) is 0. The van der Waals surface area contributed by atoms with E-state index in [1.54, 1.807) is 0 Å². The van der Waals surface area contributed by atoms with Crippen LogP contribution in [0, 0.1) is 0 Å². The second kappa shape index (κ2) is 9.06. The quantitative estimate of drug-likeness (QED) is 0.734. The van der Waals surface area contributed by atoms with Crippen molar-refractivity contribution in [2.24, 2.45) is 0 Å². The van der Waals surface area contributed by atoms with Gasteiger partial charge in [-0.05, 0) is 30.3 Å². The summed E-state index contributed by atoms with van der Waals surface area (Å²) in [5.74, 6) is 0.505. The molecule has 0 radical (unpaired) electrons. The summed E-state index contributed by atoms with van der Waals surface area (Å²) < 4.78 is 6.45. The van der Waals surface area contributed by atoms with E-state index in [4.69, 9.17) is 16.3 Å². The summed E-state index contributed by atoms with van der Waals surface area (Å²) in [5.41, 5.74) is 1.02. The molecule has 0 aliphatic heterocycles. The summed E-state index contributed by atoms with van der Waals surface area (Å²) in [4.78, 5) is 13.2. The lowest BCUT2D eigenvalue weighted by atomic mass is 10.1. The Hall–Kier alpha value is -1.56. The summed E-state index contributed by atoms with van der Waals surface area (Å²) in [7, 11) is 4.08. The third-order valence-corrected chi connectivity index (χ3v) is 4.54. The van der Waals surface area contributed by atoms with Gasteiger partial charge < -0.3 is 15.0 Å².